The predicted molar refractivity (Wildman–Crippen MR) is 104 cm³/mol. The van der Waals surface area contributed by atoms with Crippen molar-refractivity contribution in [1.82, 2.24) is 9.97 Å². The molecule has 2 aromatic carbocycles. The van der Waals surface area contributed by atoms with Crippen LogP contribution in [0.15, 0.2) is 66.9 Å². The van der Waals surface area contributed by atoms with E-state index in [9.17, 15) is 0 Å². The highest BCUT2D eigenvalue weighted by Gasteiger charge is 2.08. The Morgan fingerprint density at radius 1 is 0.880 bits per heavy atom. The Kier molecular flexibility index (Phi) is 5.62. The molecule has 0 aliphatic carbocycles. The number of hydrogen-bond acceptors (Lipinski definition) is 4. The topological polar surface area (TPSA) is 41.1 Å². The van der Waals surface area contributed by atoms with E-state index in [0.29, 0.717) is 5.95 Å². The van der Waals surface area contributed by atoms with Crippen molar-refractivity contribution < 1.29 is 0 Å². The van der Waals surface area contributed by atoms with Gasteiger partial charge >= 0.3 is 0 Å². The monoisotopic (exact) mass is 332 g/mol. The first kappa shape index (κ1) is 17.0. The smallest absolute Gasteiger partial charge is 0.229 e. The van der Waals surface area contributed by atoms with Crippen molar-refractivity contribution in [2.45, 2.75) is 26.8 Å². The Balaban J connectivity index is 1.74. The molecule has 3 aromatic rings. The molecular formula is C21H24N4. The highest BCUT2D eigenvalue weighted by molar-refractivity contribution is 5.55. The molecule has 1 aromatic heterocycles. The molecule has 0 bridgehead atoms. The lowest BCUT2D eigenvalue weighted by atomic mass is 10.1. The number of hydrogen-bond donors (Lipinski definition) is 1. The lowest BCUT2D eigenvalue weighted by Crippen LogP contribution is -2.23. The van der Waals surface area contributed by atoms with Gasteiger partial charge in [0, 0.05) is 25.0 Å². The molecule has 4 heteroatoms. The predicted octanol–water partition coefficient (Wildman–Crippen LogP) is 4.81. The first-order chi connectivity index (χ1) is 12.3. The first-order valence-electron chi connectivity index (χ1n) is 8.76. The van der Waals surface area contributed by atoms with Crippen LogP contribution in [0, 0.1) is 0 Å². The van der Waals surface area contributed by atoms with Crippen LogP contribution in [0.2, 0.25) is 0 Å². The van der Waals surface area contributed by atoms with E-state index < -0.39 is 0 Å². The highest BCUT2D eigenvalue weighted by Crippen LogP contribution is 2.18. The molecule has 0 aliphatic rings. The SMILES string of the molecule is CCc1ccc(Nc2nccc(N(CC)Cc3ccccc3)n2)cc1. The summed E-state index contributed by atoms with van der Waals surface area (Å²) >= 11 is 0. The molecular weight excluding hydrogens is 308 g/mol. The van der Waals surface area contributed by atoms with Crippen LogP contribution in [0.3, 0.4) is 0 Å². The number of benzene rings is 2. The van der Waals surface area contributed by atoms with Crippen LogP contribution in [0.4, 0.5) is 17.5 Å². The molecule has 3 rings (SSSR count). The molecule has 0 spiro atoms. The Morgan fingerprint density at radius 3 is 2.32 bits per heavy atom. The van der Waals surface area contributed by atoms with Crippen LogP contribution < -0.4 is 10.2 Å². The fourth-order valence-electron chi connectivity index (χ4n) is 2.70. The average Bonchev–Trinajstić information content (AvgIpc) is 2.68. The number of nitrogens with one attached hydrogen (secondary N) is 1. The van der Waals surface area contributed by atoms with Crippen molar-refractivity contribution in [3.8, 4) is 0 Å². The Bertz CT molecular complexity index is 785. The van der Waals surface area contributed by atoms with Gasteiger partial charge in [-0.05, 0) is 42.7 Å². The molecule has 0 atom stereocenters. The molecule has 0 radical (unpaired) electrons. The van der Waals surface area contributed by atoms with Crippen molar-refractivity contribution >= 4 is 17.5 Å². The van der Waals surface area contributed by atoms with Crippen LogP contribution in [0.5, 0.6) is 0 Å². The standard InChI is InChI=1S/C21H24N4/c1-3-17-10-12-19(13-11-17)23-21-22-15-14-20(24-21)25(4-2)16-18-8-6-5-7-9-18/h5-15H,3-4,16H2,1-2H3,(H,22,23,24). The average molecular weight is 332 g/mol. The van der Waals surface area contributed by atoms with Crippen molar-refractivity contribution in [1.29, 1.82) is 0 Å². The zero-order valence-electron chi connectivity index (χ0n) is 14.8. The first-order valence-corrected chi connectivity index (χ1v) is 8.76. The summed E-state index contributed by atoms with van der Waals surface area (Å²) in [6.45, 7) is 6.01. The van der Waals surface area contributed by atoms with E-state index in [0.717, 1.165) is 31.0 Å². The van der Waals surface area contributed by atoms with Crippen LogP contribution in [-0.2, 0) is 13.0 Å². The summed E-state index contributed by atoms with van der Waals surface area (Å²) < 4.78 is 0. The van der Waals surface area contributed by atoms with E-state index in [2.05, 4.69) is 82.6 Å². The van der Waals surface area contributed by atoms with Crippen LogP contribution in [0.25, 0.3) is 0 Å². The minimum Gasteiger partial charge on any atom is -0.352 e. The molecule has 1 heterocycles. The molecule has 0 saturated heterocycles. The maximum atomic E-state index is 4.68. The zero-order chi connectivity index (χ0) is 17.5. The third-order valence-corrected chi connectivity index (χ3v) is 4.18. The molecule has 4 nitrogen and oxygen atoms in total. The van der Waals surface area contributed by atoms with Gasteiger partial charge < -0.3 is 10.2 Å². The second-order valence-electron chi connectivity index (χ2n) is 5.91. The van der Waals surface area contributed by atoms with Gasteiger partial charge in [-0.25, -0.2) is 4.98 Å². The van der Waals surface area contributed by atoms with Crippen molar-refractivity contribution in [2.75, 3.05) is 16.8 Å². The summed E-state index contributed by atoms with van der Waals surface area (Å²) in [5.41, 5.74) is 3.59. The molecule has 128 valence electrons. The minimum absolute atomic E-state index is 0.619. The van der Waals surface area contributed by atoms with Gasteiger partial charge in [-0.2, -0.15) is 4.98 Å². The number of rotatable bonds is 7. The third-order valence-electron chi connectivity index (χ3n) is 4.18. The van der Waals surface area contributed by atoms with Gasteiger partial charge in [0.15, 0.2) is 0 Å². The summed E-state index contributed by atoms with van der Waals surface area (Å²) in [5, 5.41) is 3.29. The van der Waals surface area contributed by atoms with Crippen molar-refractivity contribution in [3.05, 3.63) is 78.0 Å². The number of anilines is 3. The molecule has 25 heavy (non-hydrogen) atoms. The Hall–Kier alpha value is -2.88. The van der Waals surface area contributed by atoms with E-state index in [1.54, 1.807) is 6.20 Å². The zero-order valence-corrected chi connectivity index (χ0v) is 14.8. The summed E-state index contributed by atoms with van der Waals surface area (Å²) in [6, 6.07) is 20.8. The van der Waals surface area contributed by atoms with Crippen LogP contribution in [-0.4, -0.2) is 16.5 Å². The second kappa shape index (κ2) is 8.29. The van der Waals surface area contributed by atoms with Gasteiger partial charge in [-0.1, -0.05) is 49.4 Å². The van der Waals surface area contributed by atoms with Gasteiger partial charge in [0.05, 0.1) is 0 Å². The number of aromatic nitrogens is 2. The summed E-state index contributed by atoms with van der Waals surface area (Å²) in [5.74, 6) is 1.54. The maximum absolute atomic E-state index is 4.68. The summed E-state index contributed by atoms with van der Waals surface area (Å²) in [4.78, 5) is 11.3. The van der Waals surface area contributed by atoms with Gasteiger partial charge in [-0.3, -0.25) is 0 Å². The third kappa shape index (κ3) is 4.57. The Morgan fingerprint density at radius 2 is 1.64 bits per heavy atom. The van der Waals surface area contributed by atoms with E-state index in [4.69, 9.17) is 0 Å². The maximum Gasteiger partial charge on any atom is 0.229 e. The number of aryl methyl sites for hydroxylation is 1. The van der Waals surface area contributed by atoms with Crippen molar-refractivity contribution in [3.63, 3.8) is 0 Å². The minimum atomic E-state index is 0.619. The van der Waals surface area contributed by atoms with Gasteiger partial charge in [0.2, 0.25) is 5.95 Å². The lowest BCUT2D eigenvalue weighted by molar-refractivity contribution is 0.811. The highest BCUT2D eigenvalue weighted by atomic mass is 15.2. The van der Waals surface area contributed by atoms with Crippen molar-refractivity contribution in [2.24, 2.45) is 0 Å². The quantitative estimate of drug-likeness (QED) is 0.674. The normalized spacial score (nSPS) is 10.5. The number of nitrogens with zero attached hydrogens (tertiary/aromatic N) is 3. The van der Waals surface area contributed by atoms with E-state index in [-0.39, 0.29) is 0 Å². The lowest BCUT2D eigenvalue weighted by Gasteiger charge is -2.22. The molecule has 1 N–H and O–H groups in total. The largest absolute Gasteiger partial charge is 0.352 e. The summed E-state index contributed by atoms with van der Waals surface area (Å²) in [7, 11) is 0. The van der Waals surface area contributed by atoms with E-state index in [1.165, 1.54) is 11.1 Å². The van der Waals surface area contributed by atoms with Gasteiger partial charge in [0.1, 0.15) is 5.82 Å². The van der Waals surface area contributed by atoms with Gasteiger partial charge in [0.25, 0.3) is 0 Å². The molecule has 0 fully saturated rings. The fraction of sp³-hybridized carbons (Fsp3) is 0.238. The van der Waals surface area contributed by atoms with Gasteiger partial charge in [-0.15, -0.1) is 0 Å². The van der Waals surface area contributed by atoms with Crippen LogP contribution >= 0.6 is 0 Å². The fourth-order valence-corrected chi connectivity index (χ4v) is 2.70. The molecule has 0 amide bonds. The van der Waals surface area contributed by atoms with E-state index >= 15 is 0 Å². The summed E-state index contributed by atoms with van der Waals surface area (Å²) in [6.07, 6.45) is 2.84. The van der Waals surface area contributed by atoms with E-state index in [1.807, 2.05) is 12.1 Å². The second-order valence-corrected chi connectivity index (χ2v) is 5.91. The molecule has 0 saturated carbocycles. The molecule has 0 aliphatic heterocycles. The Labute approximate surface area is 149 Å². The van der Waals surface area contributed by atoms with Crippen LogP contribution in [0.1, 0.15) is 25.0 Å². The molecule has 0 unspecified atom stereocenters.